The molecule has 1 saturated heterocycles. The van der Waals surface area contributed by atoms with Crippen LogP contribution >= 0.6 is 0 Å². The third-order valence-electron chi connectivity index (χ3n) is 3.03. The quantitative estimate of drug-likeness (QED) is 0.775. The molecule has 2 amide bonds. The molecule has 4 heteroatoms. The zero-order chi connectivity index (χ0) is 13.7. The molecule has 98 valence electrons. The van der Waals surface area contributed by atoms with Crippen LogP contribution in [-0.4, -0.2) is 29.5 Å². The van der Waals surface area contributed by atoms with Gasteiger partial charge in [0.1, 0.15) is 6.61 Å². The number of carbonyl (C=O) groups excluding carboxylic acids is 2. The number of ether oxygens (including phenoxy) is 1. The van der Waals surface area contributed by atoms with Crippen molar-refractivity contribution in [3.05, 3.63) is 35.9 Å². The first kappa shape index (κ1) is 13.2. The number of benzene rings is 1. The van der Waals surface area contributed by atoms with Crippen molar-refractivity contribution in [3.8, 4) is 12.3 Å². The number of amides is 2. The average molecular weight is 257 g/mol. The van der Waals surface area contributed by atoms with Crippen LogP contribution in [0.5, 0.6) is 0 Å². The summed E-state index contributed by atoms with van der Waals surface area (Å²) >= 11 is 0. The van der Waals surface area contributed by atoms with Crippen LogP contribution in [0, 0.1) is 12.3 Å². The SMILES string of the molecule is C#CCCC(=O)N1C(=O)OC[C@H]1Cc1ccccc1. The largest absolute Gasteiger partial charge is 0.447 e. The standard InChI is InChI=1S/C15H15NO3/c1-2-3-9-14(17)16-13(11-19-15(16)18)10-12-7-5-4-6-8-12/h1,4-8,13H,3,9-11H2/t13-/m1/s1. The summed E-state index contributed by atoms with van der Waals surface area (Å²) < 4.78 is 4.97. The number of hydrogen-bond acceptors (Lipinski definition) is 3. The zero-order valence-corrected chi connectivity index (χ0v) is 10.5. The third-order valence-corrected chi connectivity index (χ3v) is 3.03. The molecule has 1 fully saturated rings. The van der Waals surface area contributed by atoms with E-state index in [4.69, 9.17) is 11.2 Å². The summed E-state index contributed by atoms with van der Waals surface area (Å²) in [5, 5.41) is 0. The second-order valence-corrected chi connectivity index (χ2v) is 4.39. The molecule has 0 aromatic heterocycles. The molecule has 0 spiro atoms. The Labute approximate surface area is 112 Å². The summed E-state index contributed by atoms with van der Waals surface area (Å²) in [6.07, 6.45) is 5.68. The number of rotatable bonds is 4. The number of carbonyl (C=O) groups is 2. The maximum Gasteiger partial charge on any atom is 0.416 e. The molecule has 0 N–H and O–H groups in total. The molecule has 0 bridgehead atoms. The van der Waals surface area contributed by atoms with Crippen LogP contribution in [0.3, 0.4) is 0 Å². The van der Waals surface area contributed by atoms with E-state index >= 15 is 0 Å². The normalized spacial score (nSPS) is 17.9. The molecule has 2 rings (SSSR count). The smallest absolute Gasteiger partial charge is 0.416 e. The van der Waals surface area contributed by atoms with E-state index in [1.807, 2.05) is 30.3 Å². The molecule has 1 aromatic rings. The van der Waals surface area contributed by atoms with Gasteiger partial charge >= 0.3 is 6.09 Å². The highest BCUT2D eigenvalue weighted by Crippen LogP contribution is 2.18. The molecule has 4 nitrogen and oxygen atoms in total. The minimum atomic E-state index is -0.567. The summed E-state index contributed by atoms with van der Waals surface area (Å²) in [4.78, 5) is 24.8. The molecule has 19 heavy (non-hydrogen) atoms. The van der Waals surface area contributed by atoms with Crippen molar-refractivity contribution in [1.82, 2.24) is 4.90 Å². The Morgan fingerprint density at radius 3 is 2.84 bits per heavy atom. The van der Waals surface area contributed by atoms with E-state index in [9.17, 15) is 9.59 Å². The van der Waals surface area contributed by atoms with Gasteiger partial charge in [0.05, 0.1) is 6.04 Å². The van der Waals surface area contributed by atoms with Gasteiger partial charge in [0, 0.05) is 12.8 Å². The highest BCUT2D eigenvalue weighted by molar-refractivity contribution is 5.93. The van der Waals surface area contributed by atoms with Gasteiger partial charge in [-0.25, -0.2) is 9.69 Å². The van der Waals surface area contributed by atoms with Gasteiger partial charge in [-0.3, -0.25) is 4.79 Å². The van der Waals surface area contributed by atoms with E-state index in [-0.39, 0.29) is 25.0 Å². The number of hydrogen-bond donors (Lipinski definition) is 0. The first-order valence-electron chi connectivity index (χ1n) is 6.18. The number of cyclic esters (lactones) is 1. The topological polar surface area (TPSA) is 46.6 Å². The van der Waals surface area contributed by atoms with E-state index in [0.29, 0.717) is 12.8 Å². The Morgan fingerprint density at radius 2 is 2.16 bits per heavy atom. The molecular formula is C15H15NO3. The maximum absolute atomic E-state index is 11.9. The van der Waals surface area contributed by atoms with E-state index in [0.717, 1.165) is 5.56 Å². The average Bonchev–Trinajstić information content (AvgIpc) is 2.78. The van der Waals surface area contributed by atoms with E-state index in [2.05, 4.69) is 5.92 Å². The fourth-order valence-corrected chi connectivity index (χ4v) is 2.10. The lowest BCUT2D eigenvalue weighted by molar-refractivity contribution is -0.129. The highest BCUT2D eigenvalue weighted by atomic mass is 16.6. The van der Waals surface area contributed by atoms with Crippen molar-refractivity contribution >= 4 is 12.0 Å². The van der Waals surface area contributed by atoms with Crippen LogP contribution < -0.4 is 0 Å². The van der Waals surface area contributed by atoms with Gasteiger partial charge in [0.25, 0.3) is 0 Å². The fraction of sp³-hybridized carbons (Fsp3) is 0.333. The summed E-state index contributed by atoms with van der Waals surface area (Å²) in [7, 11) is 0. The van der Waals surface area contributed by atoms with Crippen LogP contribution in [0.1, 0.15) is 18.4 Å². The second-order valence-electron chi connectivity index (χ2n) is 4.39. The predicted molar refractivity (Wildman–Crippen MR) is 70.2 cm³/mol. The molecule has 1 aliphatic rings. The molecule has 0 radical (unpaired) electrons. The minimum Gasteiger partial charge on any atom is -0.447 e. The van der Waals surface area contributed by atoms with Gasteiger partial charge < -0.3 is 4.74 Å². The second kappa shape index (κ2) is 6.05. The molecule has 1 aliphatic heterocycles. The Kier molecular flexibility index (Phi) is 4.19. The molecule has 1 heterocycles. The zero-order valence-electron chi connectivity index (χ0n) is 10.5. The first-order chi connectivity index (χ1) is 9.22. The van der Waals surface area contributed by atoms with Crippen molar-refractivity contribution in [3.63, 3.8) is 0 Å². The molecule has 1 atom stereocenters. The number of terminal acetylenes is 1. The summed E-state index contributed by atoms with van der Waals surface area (Å²) in [5.41, 5.74) is 1.07. The summed E-state index contributed by atoms with van der Waals surface area (Å²) in [6.45, 7) is 0.246. The van der Waals surface area contributed by atoms with Gasteiger partial charge in [-0.15, -0.1) is 12.3 Å². The van der Waals surface area contributed by atoms with Crippen LogP contribution in [-0.2, 0) is 16.0 Å². The highest BCUT2D eigenvalue weighted by Gasteiger charge is 2.37. The molecule has 0 aliphatic carbocycles. The lowest BCUT2D eigenvalue weighted by Gasteiger charge is -2.19. The van der Waals surface area contributed by atoms with Crippen molar-refractivity contribution in [1.29, 1.82) is 0 Å². The summed E-state index contributed by atoms with van der Waals surface area (Å²) in [5.74, 6) is 2.14. The van der Waals surface area contributed by atoms with E-state index in [1.54, 1.807) is 0 Å². The van der Waals surface area contributed by atoms with Gasteiger partial charge in [0.15, 0.2) is 0 Å². The maximum atomic E-state index is 11.9. The molecule has 1 aromatic carbocycles. The van der Waals surface area contributed by atoms with E-state index in [1.165, 1.54) is 4.90 Å². The van der Waals surface area contributed by atoms with Crippen molar-refractivity contribution < 1.29 is 14.3 Å². The Balaban J connectivity index is 2.05. The Hall–Kier alpha value is -2.28. The molecular weight excluding hydrogens is 242 g/mol. The van der Waals surface area contributed by atoms with Crippen LogP contribution in [0.2, 0.25) is 0 Å². The summed E-state index contributed by atoms with van der Waals surface area (Å²) in [6, 6.07) is 9.48. The van der Waals surface area contributed by atoms with Crippen molar-refractivity contribution in [2.75, 3.05) is 6.61 Å². The van der Waals surface area contributed by atoms with Crippen molar-refractivity contribution in [2.24, 2.45) is 0 Å². The molecule has 0 saturated carbocycles. The molecule has 0 unspecified atom stereocenters. The first-order valence-corrected chi connectivity index (χ1v) is 6.18. The van der Waals surface area contributed by atoms with Crippen LogP contribution in [0.25, 0.3) is 0 Å². The van der Waals surface area contributed by atoms with E-state index < -0.39 is 6.09 Å². The third kappa shape index (κ3) is 3.14. The monoisotopic (exact) mass is 257 g/mol. The Morgan fingerprint density at radius 1 is 1.42 bits per heavy atom. The van der Waals surface area contributed by atoms with Crippen LogP contribution in [0.4, 0.5) is 4.79 Å². The van der Waals surface area contributed by atoms with Gasteiger partial charge in [-0.1, -0.05) is 30.3 Å². The lowest BCUT2D eigenvalue weighted by Crippen LogP contribution is -2.40. The number of imide groups is 1. The lowest BCUT2D eigenvalue weighted by atomic mass is 10.1. The van der Waals surface area contributed by atoms with Crippen molar-refractivity contribution in [2.45, 2.75) is 25.3 Å². The predicted octanol–water partition coefficient (Wildman–Crippen LogP) is 1.99. The van der Waals surface area contributed by atoms with Gasteiger partial charge in [-0.2, -0.15) is 0 Å². The minimum absolute atomic E-state index is 0.177. The van der Waals surface area contributed by atoms with Gasteiger partial charge in [-0.05, 0) is 12.0 Å². The van der Waals surface area contributed by atoms with Crippen LogP contribution in [0.15, 0.2) is 30.3 Å². The Bertz CT molecular complexity index is 504. The number of nitrogens with zero attached hydrogens (tertiary/aromatic N) is 1. The van der Waals surface area contributed by atoms with Gasteiger partial charge in [0.2, 0.25) is 5.91 Å². The fourth-order valence-electron chi connectivity index (χ4n) is 2.10.